The molecule has 0 aliphatic heterocycles. The van der Waals surface area contributed by atoms with Crippen LogP contribution in [0, 0.1) is 18.3 Å². The van der Waals surface area contributed by atoms with E-state index < -0.39 is 0 Å². The average molecular weight is 259 g/mol. The molecule has 3 rings (SSSR count). The lowest BCUT2D eigenvalue weighted by atomic mass is 10.1. The SMILES string of the molecule is Cc1ccc(Cl)cc1-n1nnc(C#N)c1C1CC1. The van der Waals surface area contributed by atoms with Crippen LogP contribution in [-0.4, -0.2) is 15.0 Å². The highest BCUT2D eigenvalue weighted by molar-refractivity contribution is 6.30. The summed E-state index contributed by atoms with van der Waals surface area (Å²) in [4.78, 5) is 0. The first kappa shape index (κ1) is 11.2. The Bertz CT molecular complexity index is 649. The molecule has 0 bridgehead atoms. The molecule has 2 aromatic rings. The van der Waals surface area contributed by atoms with Gasteiger partial charge in [-0.3, -0.25) is 0 Å². The lowest BCUT2D eigenvalue weighted by Gasteiger charge is -2.09. The molecule has 0 N–H and O–H groups in total. The van der Waals surface area contributed by atoms with Gasteiger partial charge in [-0.25, -0.2) is 4.68 Å². The predicted octanol–water partition coefficient (Wildman–Crippen LogP) is 2.98. The van der Waals surface area contributed by atoms with Crippen molar-refractivity contribution in [2.24, 2.45) is 0 Å². The summed E-state index contributed by atoms with van der Waals surface area (Å²) in [5, 5.41) is 17.8. The predicted molar refractivity (Wildman–Crippen MR) is 67.8 cm³/mol. The van der Waals surface area contributed by atoms with Crippen LogP contribution < -0.4 is 0 Å². The molecule has 18 heavy (non-hydrogen) atoms. The van der Waals surface area contributed by atoms with E-state index in [1.165, 1.54) is 0 Å². The Morgan fingerprint density at radius 3 is 2.89 bits per heavy atom. The number of nitriles is 1. The van der Waals surface area contributed by atoms with Gasteiger partial charge in [-0.2, -0.15) is 5.26 Å². The molecule has 0 atom stereocenters. The standard InChI is InChI=1S/C13H11ClN4/c1-8-2-5-10(14)6-12(8)18-13(9-3-4-9)11(7-15)16-17-18/h2,5-6,9H,3-4H2,1H3. The summed E-state index contributed by atoms with van der Waals surface area (Å²) >= 11 is 6.03. The number of hydrogen-bond acceptors (Lipinski definition) is 3. The van der Waals surface area contributed by atoms with Crippen molar-refractivity contribution in [2.75, 3.05) is 0 Å². The summed E-state index contributed by atoms with van der Waals surface area (Å²) < 4.78 is 1.76. The molecule has 5 heteroatoms. The Hall–Kier alpha value is -1.86. The summed E-state index contributed by atoms with van der Waals surface area (Å²) in [7, 11) is 0. The third-order valence-corrected chi connectivity index (χ3v) is 3.41. The van der Waals surface area contributed by atoms with Gasteiger partial charge in [0.2, 0.25) is 0 Å². The molecule has 4 nitrogen and oxygen atoms in total. The molecular weight excluding hydrogens is 248 g/mol. The molecule has 0 unspecified atom stereocenters. The van der Waals surface area contributed by atoms with Gasteiger partial charge in [0, 0.05) is 10.9 Å². The monoisotopic (exact) mass is 258 g/mol. The molecule has 1 saturated carbocycles. The minimum atomic E-state index is 0.410. The number of halogens is 1. The smallest absolute Gasteiger partial charge is 0.186 e. The topological polar surface area (TPSA) is 54.5 Å². The molecule has 0 amide bonds. The molecule has 0 spiro atoms. The second kappa shape index (κ2) is 4.11. The van der Waals surface area contributed by atoms with Crippen molar-refractivity contribution in [2.45, 2.75) is 25.7 Å². The lowest BCUT2D eigenvalue weighted by molar-refractivity contribution is 0.759. The van der Waals surface area contributed by atoms with E-state index in [0.717, 1.165) is 29.8 Å². The van der Waals surface area contributed by atoms with Crippen LogP contribution in [-0.2, 0) is 0 Å². The van der Waals surface area contributed by atoms with Crippen LogP contribution in [0.2, 0.25) is 5.02 Å². The van der Waals surface area contributed by atoms with Crippen LogP contribution in [0.3, 0.4) is 0 Å². The zero-order chi connectivity index (χ0) is 12.7. The highest BCUT2D eigenvalue weighted by atomic mass is 35.5. The first-order valence-electron chi connectivity index (χ1n) is 5.83. The summed E-state index contributed by atoms with van der Waals surface area (Å²) in [5.41, 5.74) is 3.31. The Kier molecular flexibility index (Phi) is 2.57. The second-order valence-electron chi connectivity index (χ2n) is 4.55. The van der Waals surface area contributed by atoms with Gasteiger partial charge in [0.25, 0.3) is 0 Å². The van der Waals surface area contributed by atoms with Crippen molar-refractivity contribution in [3.8, 4) is 11.8 Å². The molecular formula is C13H11ClN4. The highest BCUT2D eigenvalue weighted by Gasteiger charge is 2.32. The zero-order valence-corrected chi connectivity index (χ0v) is 10.6. The van der Waals surface area contributed by atoms with Gasteiger partial charge >= 0.3 is 0 Å². The van der Waals surface area contributed by atoms with Gasteiger partial charge in [-0.05, 0) is 37.5 Å². The van der Waals surface area contributed by atoms with Crippen molar-refractivity contribution in [1.82, 2.24) is 15.0 Å². The molecule has 1 fully saturated rings. The maximum atomic E-state index is 9.09. The quantitative estimate of drug-likeness (QED) is 0.832. The van der Waals surface area contributed by atoms with Crippen LogP contribution >= 0.6 is 11.6 Å². The number of aryl methyl sites for hydroxylation is 1. The summed E-state index contributed by atoms with van der Waals surface area (Å²) in [6, 6.07) is 7.77. The van der Waals surface area contributed by atoms with Gasteiger partial charge in [-0.15, -0.1) is 5.10 Å². The van der Waals surface area contributed by atoms with Crippen molar-refractivity contribution in [3.05, 3.63) is 40.2 Å². The lowest BCUT2D eigenvalue weighted by Crippen LogP contribution is -2.04. The third kappa shape index (κ3) is 1.77. The number of rotatable bonds is 2. The Balaban J connectivity index is 2.20. The van der Waals surface area contributed by atoms with E-state index in [2.05, 4.69) is 16.4 Å². The summed E-state index contributed by atoms with van der Waals surface area (Å²) in [6.07, 6.45) is 2.20. The number of hydrogen-bond donors (Lipinski definition) is 0. The van der Waals surface area contributed by atoms with E-state index >= 15 is 0 Å². The fourth-order valence-electron chi connectivity index (χ4n) is 2.08. The molecule has 0 saturated heterocycles. The van der Waals surface area contributed by atoms with Crippen molar-refractivity contribution in [3.63, 3.8) is 0 Å². The van der Waals surface area contributed by atoms with Gasteiger partial charge in [0.15, 0.2) is 5.69 Å². The fraction of sp³-hybridized carbons (Fsp3) is 0.308. The molecule has 0 radical (unpaired) electrons. The van der Waals surface area contributed by atoms with Crippen LogP contribution in [0.25, 0.3) is 5.69 Å². The van der Waals surface area contributed by atoms with Crippen molar-refractivity contribution < 1.29 is 0 Å². The average Bonchev–Trinajstić information content (AvgIpc) is 3.12. The first-order valence-corrected chi connectivity index (χ1v) is 6.20. The number of nitrogens with zero attached hydrogens (tertiary/aromatic N) is 4. The number of aromatic nitrogens is 3. The van der Waals surface area contributed by atoms with E-state index in [-0.39, 0.29) is 0 Å². The molecule has 90 valence electrons. The Morgan fingerprint density at radius 1 is 1.44 bits per heavy atom. The van der Waals surface area contributed by atoms with Crippen LogP contribution in [0.5, 0.6) is 0 Å². The summed E-state index contributed by atoms with van der Waals surface area (Å²) in [6.45, 7) is 2.00. The first-order chi connectivity index (χ1) is 8.70. The van der Waals surface area contributed by atoms with Gasteiger partial charge < -0.3 is 0 Å². The Labute approximate surface area is 110 Å². The maximum absolute atomic E-state index is 9.09. The maximum Gasteiger partial charge on any atom is 0.186 e. The third-order valence-electron chi connectivity index (χ3n) is 3.17. The molecule has 1 aromatic heterocycles. The van der Waals surface area contributed by atoms with Crippen LogP contribution in [0.4, 0.5) is 0 Å². The molecule has 1 aliphatic carbocycles. The summed E-state index contributed by atoms with van der Waals surface area (Å²) in [5.74, 6) is 0.410. The van der Waals surface area contributed by atoms with E-state index in [0.29, 0.717) is 16.6 Å². The largest absolute Gasteiger partial charge is 0.216 e. The minimum Gasteiger partial charge on any atom is -0.216 e. The Morgan fingerprint density at radius 2 is 2.22 bits per heavy atom. The van der Waals surface area contributed by atoms with Gasteiger partial charge in [0.1, 0.15) is 6.07 Å². The second-order valence-corrected chi connectivity index (χ2v) is 4.99. The van der Waals surface area contributed by atoms with E-state index in [1.807, 2.05) is 25.1 Å². The fourth-order valence-corrected chi connectivity index (χ4v) is 2.25. The number of benzene rings is 1. The van der Waals surface area contributed by atoms with E-state index in [4.69, 9.17) is 16.9 Å². The normalized spacial score (nSPS) is 14.5. The van der Waals surface area contributed by atoms with Crippen molar-refractivity contribution >= 4 is 11.6 Å². The van der Waals surface area contributed by atoms with Gasteiger partial charge in [0.05, 0.1) is 11.4 Å². The molecule has 1 aliphatic rings. The minimum absolute atomic E-state index is 0.410. The van der Waals surface area contributed by atoms with E-state index in [1.54, 1.807) is 4.68 Å². The zero-order valence-electron chi connectivity index (χ0n) is 9.89. The van der Waals surface area contributed by atoms with Gasteiger partial charge in [-0.1, -0.05) is 22.9 Å². The van der Waals surface area contributed by atoms with E-state index in [9.17, 15) is 0 Å². The molecule has 1 heterocycles. The van der Waals surface area contributed by atoms with Crippen LogP contribution in [0.1, 0.15) is 35.7 Å². The van der Waals surface area contributed by atoms with Crippen molar-refractivity contribution in [1.29, 1.82) is 5.26 Å². The highest BCUT2D eigenvalue weighted by Crippen LogP contribution is 2.42. The van der Waals surface area contributed by atoms with Crippen LogP contribution in [0.15, 0.2) is 18.2 Å². The molecule has 1 aromatic carbocycles.